The molecular weight excluding hydrogens is 262 g/mol. The first-order valence-corrected chi connectivity index (χ1v) is 8.08. The fraction of sp³-hybridized carbons (Fsp3) is 0.750. The Hall–Kier alpha value is -1.20. The number of rotatable bonds is 6. The molecule has 0 aromatic carbocycles. The lowest BCUT2D eigenvalue weighted by Crippen LogP contribution is -2.49. The van der Waals surface area contributed by atoms with Gasteiger partial charge in [0, 0.05) is 38.8 Å². The van der Waals surface area contributed by atoms with Crippen LogP contribution in [-0.2, 0) is 6.54 Å². The van der Waals surface area contributed by atoms with Gasteiger partial charge in [0.1, 0.15) is 0 Å². The summed E-state index contributed by atoms with van der Waals surface area (Å²) in [5.41, 5.74) is 1.01. The predicted octanol–water partition coefficient (Wildman–Crippen LogP) is 1.75. The topological polar surface area (TPSA) is 44.3 Å². The zero-order valence-electron chi connectivity index (χ0n) is 13.8. The van der Waals surface area contributed by atoms with Gasteiger partial charge in [-0.1, -0.05) is 13.8 Å². The maximum absolute atomic E-state index is 4.39. The Morgan fingerprint density at radius 3 is 2.29 bits per heavy atom. The van der Waals surface area contributed by atoms with E-state index in [9.17, 15) is 0 Å². The van der Waals surface area contributed by atoms with Crippen LogP contribution in [0.4, 0.5) is 5.82 Å². The molecule has 5 nitrogen and oxygen atoms in total. The highest BCUT2D eigenvalue weighted by atomic mass is 15.3. The minimum atomic E-state index is 0.632. The molecule has 5 heteroatoms. The Morgan fingerprint density at radius 2 is 1.76 bits per heavy atom. The summed E-state index contributed by atoms with van der Waals surface area (Å²) in [6.45, 7) is 15.0. The van der Waals surface area contributed by atoms with Crippen molar-refractivity contribution < 1.29 is 0 Å². The van der Waals surface area contributed by atoms with Crippen molar-refractivity contribution in [2.45, 2.75) is 40.3 Å². The van der Waals surface area contributed by atoms with Gasteiger partial charge in [0.25, 0.3) is 0 Å². The van der Waals surface area contributed by atoms with Gasteiger partial charge in [0.05, 0.1) is 5.69 Å². The SMILES string of the molecule is CC(C)CNCc1ccc(N2CCN(C(C)C)CC2)nn1. The van der Waals surface area contributed by atoms with E-state index in [2.05, 4.69) is 65.1 Å². The molecule has 118 valence electrons. The molecule has 1 aliphatic rings. The van der Waals surface area contributed by atoms with Crippen LogP contribution in [0.15, 0.2) is 12.1 Å². The molecule has 0 radical (unpaired) electrons. The van der Waals surface area contributed by atoms with Crippen molar-refractivity contribution >= 4 is 5.82 Å². The van der Waals surface area contributed by atoms with Gasteiger partial charge in [-0.15, -0.1) is 5.10 Å². The average molecular weight is 291 g/mol. The number of piperazine rings is 1. The summed E-state index contributed by atoms with van der Waals surface area (Å²) in [4.78, 5) is 4.84. The van der Waals surface area contributed by atoms with E-state index in [0.717, 1.165) is 50.8 Å². The van der Waals surface area contributed by atoms with Crippen LogP contribution in [-0.4, -0.2) is 53.9 Å². The summed E-state index contributed by atoms with van der Waals surface area (Å²) in [5.74, 6) is 1.67. The Kier molecular flexibility index (Phi) is 5.94. The third kappa shape index (κ3) is 4.93. The third-order valence-electron chi connectivity index (χ3n) is 3.93. The van der Waals surface area contributed by atoms with Crippen LogP contribution < -0.4 is 10.2 Å². The van der Waals surface area contributed by atoms with Gasteiger partial charge in [-0.25, -0.2) is 0 Å². The first kappa shape index (κ1) is 16.2. The summed E-state index contributed by atoms with van der Waals surface area (Å²) in [7, 11) is 0. The molecule has 0 aliphatic carbocycles. The molecule has 1 fully saturated rings. The number of hydrogen-bond acceptors (Lipinski definition) is 5. The molecule has 1 saturated heterocycles. The van der Waals surface area contributed by atoms with Gasteiger partial charge in [0.15, 0.2) is 5.82 Å². The number of hydrogen-bond donors (Lipinski definition) is 1. The molecule has 1 N–H and O–H groups in total. The van der Waals surface area contributed by atoms with Crippen LogP contribution in [0.25, 0.3) is 0 Å². The van der Waals surface area contributed by atoms with Crippen LogP contribution in [0, 0.1) is 5.92 Å². The van der Waals surface area contributed by atoms with E-state index in [1.807, 2.05) is 0 Å². The molecule has 0 unspecified atom stereocenters. The Labute approximate surface area is 128 Å². The van der Waals surface area contributed by atoms with E-state index < -0.39 is 0 Å². The molecule has 0 bridgehead atoms. The maximum atomic E-state index is 4.39. The van der Waals surface area contributed by atoms with E-state index in [0.29, 0.717) is 12.0 Å². The monoisotopic (exact) mass is 291 g/mol. The predicted molar refractivity (Wildman–Crippen MR) is 87.5 cm³/mol. The Morgan fingerprint density at radius 1 is 1.05 bits per heavy atom. The fourth-order valence-electron chi connectivity index (χ4n) is 2.57. The summed E-state index contributed by atoms with van der Waals surface area (Å²) in [5, 5.41) is 12.1. The second-order valence-electron chi connectivity index (χ2n) is 6.52. The average Bonchev–Trinajstić information content (AvgIpc) is 2.48. The van der Waals surface area contributed by atoms with Crippen molar-refractivity contribution in [3.05, 3.63) is 17.8 Å². The van der Waals surface area contributed by atoms with Crippen molar-refractivity contribution in [3.8, 4) is 0 Å². The zero-order valence-corrected chi connectivity index (χ0v) is 13.8. The summed E-state index contributed by atoms with van der Waals surface area (Å²) in [6.07, 6.45) is 0. The molecule has 0 spiro atoms. The number of aromatic nitrogens is 2. The Bertz CT molecular complexity index is 407. The fourth-order valence-corrected chi connectivity index (χ4v) is 2.57. The standard InChI is InChI=1S/C16H29N5/c1-13(2)11-17-12-15-5-6-16(19-18-15)21-9-7-20(8-10-21)14(3)4/h5-6,13-14,17H,7-12H2,1-4H3. The first-order valence-electron chi connectivity index (χ1n) is 8.08. The minimum absolute atomic E-state index is 0.632. The molecule has 1 aromatic heterocycles. The molecule has 1 aromatic rings. The molecule has 0 amide bonds. The van der Waals surface area contributed by atoms with Crippen molar-refractivity contribution in [2.24, 2.45) is 5.92 Å². The van der Waals surface area contributed by atoms with Crippen LogP contribution >= 0.6 is 0 Å². The van der Waals surface area contributed by atoms with Gasteiger partial charge in [-0.2, -0.15) is 5.10 Å². The third-order valence-corrected chi connectivity index (χ3v) is 3.93. The molecule has 2 heterocycles. The van der Waals surface area contributed by atoms with E-state index >= 15 is 0 Å². The normalized spacial score (nSPS) is 17.0. The Balaban J connectivity index is 1.82. The highest BCUT2D eigenvalue weighted by Gasteiger charge is 2.19. The quantitative estimate of drug-likeness (QED) is 0.865. The van der Waals surface area contributed by atoms with E-state index in [1.54, 1.807) is 0 Å². The van der Waals surface area contributed by atoms with E-state index in [-0.39, 0.29) is 0 Å². The molecule has 0 saturated carbocycles. The van der Waals surface area contributed by atoms with E-state index in [1.165, 1.54) is 0 Å². The minimum Gasteiger partial charge on any atom is -0.353 e. The first-order chi connectivity index (χ1) is 10.1. The highest BCUT2D eigenvalue weighted by molar-refractivity contribution is 5.37. The van der Waals surface area contributed by atoms with E-state index in [4.69, 9.17) is 0 Å². The van der Waals surface area contributed by atoms with Gasteiger partial charge >= 0.3 is 0 Å². The molecule has 1 aliphatic heterocycles. The van der Waals surface area contributed by atoms with Gasteiger partial charge < -0.3 is 10.2 Å². The molecule has 2 rings (SSSR count). The lowest BCUT2D eigenvalue weighted by Gasteiger charge is -2.37. The largest absolute Gasteiger partial charge is 0.353 e. The second-order valence-corrected chi connectivity index (χ2v) is 6.52. The van der Waals surface area contributed by atoms with Crippen molar-refractivity contribution in [3.63, 3.8) is 0 Å². The number of anilines is 1. The van der Waals surface area contributed by atoms with Crippen LogP contribution in [0.1, 0.15) is 33.4 Å². The number of nitrogens with zero attached hydrogens (tertiary/aromatic N) is 4. The van der Waals surface area contributed by atoms with Gasteiger partial charge in [-0.05, 0) is 38.4 Å². The molecule has 0 atom stereocenters. The molecule has 21 heavy (non-hydrogen) atoms. The van der Waals surface area contributed by atoms with Crippen molar-refractivity contribution in [1.29, 1.82) is 0 Å². The van der Waals surface area contributed by atoms with Gasteiger partial charge in [-0.3, -0.25) is 4.90 Å². The van der Waals surface area contributed by atoms with Crippen molar-refractivity contribution in [1.82, 2.24) is 20.4 Å². The smallest absolute Gasteiger partial charge is 0.151 e. The van der Waals surface area contributed by atoms with Gasteiger partial charge in [0.2, 0.25) is 0 Å². The van der Waals surface area contributed by atoms with Crippen LogP contribution in [0.3, 0.4) is 0 Å². The summed E-state index contributed by atoms with van der Waals surface area (Å²) < 4.78 is 0. The lowest BCUT2D eigenvalue weighted by atomic mass is 10.2. The van der Waals surface area contributed by atoms with Crippen LogP contribution in [0.2, 0.25) is 0 Å². The summed E-state index contributed by atoms with van der Waals surface area (Å²) >= 11 is 0. The number of nitrogens with one attached hydrogen (secondary N) is 1. The summed E-state index contributed by atoms with van der Waals surface area (Å²) in [6, 6.07) is 4.82. The highest BCUT2D eigenvalue weighted by Crippen LogP contribution is 2.14. The zero-order chi connectivity index (χ0) is 15.2. The maximum Gasteiger partial charge on any atom is 0.151 e. The van der Waals surface area contributed by atoms with Crippen molar-refractivity contribution in [2.75, 3.05) is 37.6 Å². The lowest BCUT2D eigenvalue weighted by molar-refractivity contribution is 0.209. The van der Waals surface area contributed by atoms with Crippen LogP contribution in [0.5, 0.6) is 0 Å². The second kappa shape index (κ2) is 7.71. The molecular formula is C16H29N5.